The second-order valence-electron chi connectivity index (χ2n) is 5.06. The third kappa shape index (κ3) is 3.24. The maximum Gasteiger partial charge on any atom is 0.0539 e. The first-order valence-corrected chi connectivity index (χ1v) is 7.70. The van der Waals surface area contributed by atoms with E-state index in [2.05, 4.69) is 59.4 Å². The highest BCUT2D eigenvalue weighted by Crippen LogP contribution is 2.33. The molecule has 1 atom stereocenters. The molecule has 2 rings (SSSR count). The molecule has 0 heterocycles. The summed E-state index contributed by atoms with van der Waals surface area (Å²) in [4.78, 5) is 0. The quantitative estimate of drug-likeness (QED) is 0.762. The summed E-state index contributed by atoms with van der Waals surface area (Å²) in [5, 5.41) is 3.71. The van der Waals surface area contributed by atoms with Crippen molar-refractivity contribution >= 4 is 15.9 Å². The molecule has 0 fully saturated rings. The highest BCUT2D eigenvalue weighted by atomic mass is 79.9. The summed E-state index contributed by atoms with van der Waals surface area (Å²) in [5.41, 5.74) is 4.37. The second-order valence-corrected chi connectivity index (χ2v) is 5.97. The van der Waals surface area contributed by atoms with Crippen molar-refractivity contribution < 1.29 is 0 Å². The van der Waals surface area contributed by atoms with Crippen molar-refractivity contribution in [3.05, 3.63) is 45.4 Å². The van der Waals surface area contributed by atoms with Gasteiger partial charge in [0.2, 0.25) is 0 Å². The molecule has 0 radical (unpaired) electrons. The van der Waals surface area contributed by atoms with Gasteiger partial charge in [0.1, 0.15) is 0 Å². The first-order chi connectivity index (χ1) is 8.72. The summed E-state index contributed by atoms with van der Waals surface area (Å²) < 4.78 is 1.17. The van der Waals surface area contributed by atoms with E-state index < -0.39 is 0 Å². The number of nitrogens with one attached hydrogen (secondary N) is 1. The molecule has 1 aromatic rings. The van der Waals surface area contributed by atoms with Crippen LogP contribution in [0.5, 0.6) is 0 Å². The molecule has 18 heavy (non-hydrogen) atoms. The predicted octanol–water partition coefficient (Wildman–Crippen LogP) is 4.91. The second kappa shape index (κ2) is 6.53. The highest BCUT2D eigenvalue weighted by molar-refractivity contribution is 9.10. The zero-order valence-electron chi connectivity index (χ0n) is 11.3. The molecule has 0 aliphatic heterocycles. The first-order valence-electron chi connectivity index (χ1n) is 6.90. The molecule has 0 spiro atoms. The van der Waals surface area contributed by atoms with Crippen LogP contribution in [0.3, 0.4) is 0 Å². The van der Waals surface area contributed by atoms with Crippen LogP contribution in [0, 0.1) is 6.92 Å². The van der Waals surface area contributed by atoms with Gasteiger partial charge in [-0.15, -0.1) is 0 Å². The Bertz CT molecular complexity index is 437. The third-order valence-corrected chi connectivity index (χ3v) is 4.09. The molecular weight excluding hydrogens is 286 g/mol. The number of benzene rings is 1. The number of rotatable bonds is 5. The molecule has 0 saturated carbocycles. The third-order valence-electron chi connectivity index (χ3n) is 3.60. The van der Waals surface area contributed by atoms with Crippen LogP contribution in [0.25, 0.3) is 0 Å². The predicted molar refractivity (Wildman–Crippen MR) is 81.8 cm³/mol. The number of halogens is 1. The van der Waals surface area contributed by atoms with Crippen LogP contribution in [-0.2, 0) is 0 Å². The van der Waals surface area contributed by atoms with Crippen molar-refractivity contribution in [3.63, 3.8) is 0 Å². The molecule has 0 bridgehead atoms. The molecule has 2 heteroatoms. The Morgan fingerprint density at radius 3 is 2.89 bits per heavy atom. The van der Waals surface area contributed by atoms with Gasteiger partial charge in [-0.05, 0) is 62.4 Å². The van der Waals surface area contributed by atoms with Crippen molar-refractivity contribution in [2.45, 2.75) is 45.6 Å². The molecule has 1 unspecified atom stereocenters. The lowest BCUT2D eigenvalue weighted by atomic mass is 9.94. The molecule has 1 aliphatic carbocycles. The molecular formula is C16H22BrN. The fourth-order valence-electron chi connectivity index (χ4n) is 2.61. The fourth-order valence-corrected chi connectivity index (χ4v) is 2.99. The van der Waals surface area contributed by atoms with Crippen LogP contribution < -0.4 is 5.32 Å². The number of aryl methyl sites for hydroxylation is 1. The largest absolute Gasteiger partial charge is 0.307 e. The van der Waals surface area contributed by atoms with Gasteiger partial charge in [-0.1, -0.05) is 40.6 Å². The van der Waals surface area contributed by atoms with Crippen molar-refractivity contribution in [2.75, 3.05) is 6.54 Å². The van der Waals surface area contributed by atoms with E-state index in [0.29, 0.717) is 6.04 Å². The summed E-state index contributed by atoms with van der Waals surface area (Å²) in [5.74, 6) is 0. The van der Waals surface area contributed by atoms with Crippen LogP contribution in [0.1, 0.15) is 49.8 Å². The van der Waals surface area contributed by atoms with Crippen LogP contribution in [0.2, 0.25) is 0 Å². The Hall–Kier alpha value is -0.600. The molecule has 0 saturated heterocycles. The van der Waals surface area contributed by atoms with Crippen LogP contribution in [0.15, 0.2) is 34.3 Å². The van der Waals surface area contributed by atoms with Gasteiger partial charge in [-0.25, -0.2) is 0 Å². The Balaban J connectivity index is 2.29. The lowest BCUT2D eigenvalue weighted by Crippen LogP contribution is -2.24. The minimum atomic E-state index is 0.407. The summed E-state index contributed by atoms with van der Waals surface area (Å²) in [6, 6.07) is 7.00. The van der Waals surface area contributed by atoms with E-state index in [-0.39, 0.29) is 0 Å². The van der Waals surface area contributed by atoms with E-state index in [0.717, 1.165) is 6.54 Å². The van der Waals surface area contributed by atoms with E-state index in [1.165, 1.54) is 41.3 Å². The summed E-state index contributed by atoms with van der Waals surface area (Å²) >= 11 is 3.59. The van der Waals surface area contributed by atoms with Crippen molar-refractivity contribution in [3.8, 4) is 0 Å². The smallest absolute Gasteiger partial charge is 0.0539 e. The zero-order valence-corrected chi connectivity index (χ0v) is 12.9. The van der Waals surface area contributed by atoms with E-state index in [4.69, 9.17) is 0 Å². The molecule has 1 nitrogen and oxygen atoms in total. The molecule has 1 aromatic carbocycles. The molecule has 1 aliphatic rings. The Morgan fingerprint density at radius 2 is 2.22 bits per heavy atom. The standard InChI is InChI=1S/C16H22BrN/c1-3-10-18-16(13-6-4-5-7-13)15-11-14(17)9-8-12(15)2/h6,8-9,11,16,18H,3-5,7,10H2,1-2H3. The average molecular weight is 308 g/mol. The molecule has 0 amide bonds. The van der Waals surface area contributed by atoms with Crippen LogP contribution >= 0.6 is 15.9 Å². The highest BCUT2D eigenvalue weighted by Gasteiger charge is 2.20. The van der Waals surface area contributed by atoms with E-state index >= 15 is 0 Å². The summed E-state index contributed by atoms with van der Waals surface area (Å²) in [7, 11) is 0. The monoisotopic (exact) mass is 307 g/mol. The lowest BCUT2D eigenvalue weighted by Gasteiger charge is -2.23. The number of hydrogen-bond donors (Lipinski definition) is 1. The summed E-state index contributed by atoms with van der Waals surface area (Å²) in [6.07, 6.45) is 7.40. The normalized spacial score (nSPS) is 16.7. The first kappa shape index (κ1) is 13.8. The fraction of sp³-hybridized carbons (Fsp3) is 0.500. The van der Waals surface area contributed by atoms with E-state index in [1.54, 1.807) is 5.57 Å². The SMILES string of the molecule is CCCNC(C1=CCCC1)c1cc(Br)ccc1C. The summed E-state index contributed by atoms with van der Waals surface area (Å²) in [6.45, 7) is 5.51. The maximum atomic E-state index is 3.71. The molecule has 1 N–H and O–H groups in total. The van der Waals surface area contributed by atoms with Gasteiger partial charge in [-0.2, -0.15) is 0 Å². The van der Waals surface area contributed by atoms with E-state index in [1.807, 2.05) is 0 Å². The van der Waals surface area contributed by atoms with Gasteiger partial charge >= 0.3 is 0 Å². The minimum Gasteiger partial charge on any atom is -0.307 e. The van der Waals surface area contributed by atoms with Gasteiger partial charge in [0.25, 0.3) is 0 Å². The molecule has 0 aromatic heterocycles. The molecule has 98 valence electrons. The van der Waals surface area contributed by atoms with Gasteiger partial charge in [0, 0.05) is 4.47 Å². The van der Waals surface area contributed by atoms with Crippen molar-refractivity contribution in [2.24, 2.45) is 0 Å². The van der Waals surface area contributed by atoms with Gasteiger partial charge in [0.15, 0.2) is 0 Å². The maximum absolute atomic E-state index is 3.71. The Labute approximate surface area is 119 Å². The average Bonchev–Trinajstić information content (AvgIpc) is 2.88. The van der Waals surface area contributed by atoms with Gasteiger partial charge in [0.05, 0.1) is 6.04 Å². The van der Waals surface area contributed by atoms with Crippen LogP contribution in [0.4, 0.5) is 0 Å². The topological polar surface area (TPSA) is 12.0 Å². The van der Waals surface area contributed by atoms with Crippen molar-refractivity contribution in [1.29, 1.82) is 0 Å². The lowest BCUT2D eigenvalue weighted by molar-refractivity contribution is 0.576. The Morgan fingerprint density at radius 1 is 1.39 bits per heavy atom. The minimum absolute atomic E-state index is 0.407. The van der Waals surface area contributed by atoms with E-state index in [9.17, 15) is 0 Å². The van der Waals surface area contributed by atoms with Crippen LogP contribution in [-0.4, -0.2) is 6.54 Å². The van der Waals surface area contributed by atoms with Gasteiger partial charge < -0.3 is 5.32 Å². The zero-order chi connectivity index (χ0) is 13.0. The Kier molecular flexibility index (Phi) is 5.02. The van der Waals surface area contributed by atoms with Crippen molar-refractivity contribution in [1.82, 2.24) is 5.32 Å². The number of hydrogen-bond acceptors (Lipinski definition) is 1. The van der Waals surface area contributed by atoms with Gasteiger partial charge in [-0.3, -0.25) is 0 Å². The number of allylic oxidation sites excluding steroid dienone is 1.